The Morgan fingerprint density at radius 1 is 1.60 bits per heavy atom. The van der Waals surface area contributed by atoms with E-state index in [-0.39, 0.29) is 5.75 Å². The first-order chi connectivity index (χ1) is 7.09. The van der Waals surface area contributed by atoms with Crippen molar-refractivity contribution >= 4 is 11.7 Å². The lowest BCUT2D eigenvalue weighted by atomic mass is 9.92. The molecule has 80 valence electrons. The van der Waals surface area contributed by atoms with E-state index >= 15 is 0 Å². The molecule has 3 N–H and O–H groups in total. The Kier molecular flexibility index (Phi) is 2.07. The quantitative estimate of drug-likeness (QED) is 0.644. The van der Waals surface area contributed by atoms with Crippen LogP contribution in [0, 0.1) is 0 Å². The van der Waals surface area contributed by atoms with Crippen molar-refractivity contribution in [2.45, 2.75) is 25.3 Å². The lowest BCUT2D eigenvalue weighted by molar-refractivity contribution is -0.142. The number of aliphatic carboxylic acids is 1. The molecule has 1 aromatic carbocycles. The third kappa shape index (κ3) is 1.33. The predicted molar refractivity (Wildman–Crippen MR) is 56.1 cm³/mol. The smallest absolute Gasteiger partial charge is 0.329 e. The highest BCUT2D eigenvalue weighted by Crippen LogP contribution is 2.40. The molecule has 2 rings (SSSR count). The zero-order chi connectivity index (χ0) is 11.1. The topological polar surface area (TPSA) is 69.6 Å². The summed E-state index contributed by atoms with van der Waals surface area (Å²) in [4.78, 5) is 11.2. The minimum Gasteiger partial charge on any atom is -0.506 e. The molecule has 1 atom stereocenters. The van der Waals surface area contributed by atoms with Crippen LogP contribution >= 0.6 is 0 Å². The summed E-state index contributed by atoms with van der Waals surface area (Å²) in [6.45, 7) is 1.82. The fourth-order valence-electron chi connectivity index (χ4n) is 1.98. The number of phenolic OH excluding ortho intramolecular Hbond substituents is 1. The van der Waals surface area contributed by atoms with Gasteiger partial charge in [0.1, 0.15) is 11.3 Å². The second kappa shape index (κ2) is 3.15. The van der Waals surface area contributed by atoms with E-state index in [2.05, 4.69) is 5.32 Å². The van der Waals surface area contributed by atoms with Gasteiger partial charge in [0.15, 0.2) is 0 Å². The van der Waals surface area contributed by atoms with Crippen LogP contribution < -0.4 is 5.32 Å². The van der Waals surface area contributed by atoms with E-state index in [0.29, 0.717) is 18.5 Å². The largest absolute Gasteiger partial charge is 0.506 e. The Balaban J connectivity index is 2.44. The fourth-order valence-corrected chi connectivity index (χ4v) is 1.98. The van der Waals surface area contributed by atoms with Crippen LogP contribution in [0.4, 0.5) is 5.69 Å². The van der Waals surface area contributed by atoms with Gasteiger partial charge in [0.25, 0.3) is 0 Å². The average Bonchev–Trinajstić information content (AvgIpc) is 2.59. The maximum absolute atomic E-state index is 11.2. The number of anilines is 1. The van der Waals surface area contributed by atoms with Crippen LogP contribution in [0.5, 0.6) is 5.75 Å². The highest BCUT2D eigenvalue weighted by molar-refractivity contribution is 5.87. The van der Waals surface area contributed by atoms with Gasteiger partial charge in [-0.3, -0.25) is 0 Å². The van der Waals surface area contributed by atoms with Crippen molar-refractivity contribution in [1.82, 2.24) is 0 Å². The first-order valence-corrected chi connectivity index (χ1v) is 4.91. The van der Waals surface area contributed by atoms with Crippen LogP contribution in [-0.2, 0) is 11.2 Å². The Labute approximate surface area is 87.6 Å². The summed E-state index contributed by atoms with van der Waals surface area (Å²) in [7, 11) is 0. The number of benzene rings is 1. The molecule has 1 unspecified atom stereocenters. The summed E-state index contributed by atoms with van der Waals surface area (Å²) in [5.41, 5.74) is 0.460. The van der Waals surface area contributed by atoms with Gasteiger partial charge in [-0.2, -0.15) is 0 Å². The van der Waals surface area contributed by atoms with Gasteiger partial charge in [-0.1, -0.05) is 19.1 Å². The molecule has 0 radical (unpaired) electrons. The van der Waals surface area contributed by atoms with Gasteiger partial charge >= 0.3 is 5.97 Å². The van der Waals surface area contributed by atoms with Gasteiger partial charge in [0, 0.05) is 6.42 Å². The lowest BCUT2D eigenvalue weighted by Gasteiger charge is -2.23. The lowest BCUT2D eigenvalue weighted by Crippen LogP contribution is -2.44. The van der Waals surface area contributed by atoms with E-state index in [1.807, 2.05) is 13.0 Å². The van der Waals surface area contributed by atoms with E-state index < -0.39 is 11.5 Å². The predicted octanol–water partition coefficient (Wildman–Crippen LogP) is 1.59. The number of carbonyl (C=O) groups is 1. The van der Waals surface area contributed by atoms with Crippen molar-refractivity contribution < 1.29 is 15.0 Å². The number of phenols is 1. The van der Waals surface area contributed by atoms with Gasteiger partial charge in [0.05, 0.1) is 5.69 Å². The van der Waals surface area contributed by atoms with Gasteiger partial charge in [-0.05, 0) is 18.1 Å². The second-order valence-corrected chi connectivity index (χ2v) is 3.85. The number of carboxylic acids is 1. The van der Waals surface area contributed by atoms with Crippen LogP contribution in [0.25, 0.3) is 0 Å². The van der Waals surface area contributed by atoms with E-state index in [4.69, 9.17) is 0 Å². The monoisotopic (exact) mass is 207 g/mol. The summed E-state index contributed by atoms with van der Waals surface area (Å²) < 4.78 is 0. The molecule has 0 saturated carbocycles. The maximum Gasteiger partial charge on any atom is 0.329 e. The van der Waals surface area contributed by atoms with Crippen molar-refractivity contribution in [2.24, 2.45) is 0 Å². The van der Waals surface area contributed by atoms with E-state index in [1.54, 1.807) is 12.1 Å². The van der Waals surface area contributed by atoms with Crippen LogP contribution in [0.15, 0.2) is 18.2 Å². The first-order valence-electron chi connectivity index (χ1n) is 4.91. The van der Waals surface area contributed by atoms with E-state index in [0.717, 1.165) is 5.56 Å². The first kappa shape index (κ1) is 9.83. The second-order valence-electron chi connectivity index (χ2n) is 3.85. The summed E-state index contributed by atoms with van der Waals surface area (Å²) in [6.07, 6.45) is 0.902. The van der Waals surface area contributed by atoms with Crippen molar-refractivity contribution in [2.75, 3.05) is 5.32 Å². The zero-order valence-electron chi connectivity index (χ0n) is 8.45. The maximum atomic E-state index is 11.2. The highest BCUT2D eigenvalue weighted by Gasteiger charge is 2.43. The fraction of sp³-hybridized carbons (Fsp3) is 0.364. The van der Waals surface area contributed by atoms with Gasteiger partial charge < -0.3 is 15.5 Å². The molecule has 1 aliphatic rings. The molecule has 4 heteroatoms. The third-order valence-corrected chi connectivity index (χ3v) is 3.00. The number of hydrogen-bond acceptors (Lipinski definition) is 3. The van der Waals surface area contributed by atoms with Crippen molar-refractivity contribution in [3.05, 3.63) is 23.8 Å². The molecule has 1 aliphatic heterocycles. The standard InChI is InChI=1S/C11H13NO3/c1-2-11(10(14)15)6-7-4-3-5-8(13)9(7)12-11/h3-5,12-13H,2,6H2,1H3,(H,14,15). The Morgan fingerprint density at radius 2 is 2.33 bits per heavy atom. The zero-order valence-corrected chi connectivity index (χ0v) is 8.45. The Bertz CT molecular complexity index is 416. The van der Waals surface area contributed by atoms with Gasteiger partial charge in [-0.25, -0.2) is 4.79 Å². The molecule has 1 heterocycles. The summed E-state index contributed by atoms with van der Waals surface area (Å²) >= 11 is 0. The van der Waals surface area contributed by atoms with Crippen molar-refractivity contribution in [3.63, 3.8) is 0 Å². The van der Waals surface area contributed by atoms with Crippen LogP contribution in [0.3, 0.4) is 0 Å². The molecular weight excluding hydrogens is 194 g/mol. The normalized spacial score (nSPS) is 23.3. The SMILES string of the molecule is CCC1(C(=O)O)Cc2cccc(O)c2N1. The Hall–Kier alpha value is -1.71. The molecule has 0 spiro atoms. The number of carboxylic acid groups (broad SMARTS) is 1. The molecular formula is C11H13NO3. The molecule has 0 bridgehead atoms. The summed E-state index contributed by atoms with van der Waals surface area (Å²) in [5, 5.41) is 21.7. The minimum absolute atomic E-state index is 0.115. The highest BCUT2D eigenvalue weighted by atomic mass is 16.4. The molecule has 4 nitrogen and oxygen atoms in total. The van der Waals surface area contributed by atoms with Gasteiger partial charge in [0.2, 0.25) is 0 Å². The summed E-state index contributed by atoms with van der Waals surface area (Å²) in [5.74, 6) is -0.760. The number of fused-ring (bicyclic) bond motifs is 1. The summed E-state index contributed by atoms with van der Waals surface area (Å²) in [6, 6.07) is 5.12. The van der Waals surface area contributed by atoms with E-state index in [1.165, 1.54) is 0 Å². The molecule has 0 fully saturated rings. The third-order valence-electron chi connectivity index (χ3n) is 3.00. The average molecular weight is 207 g/mol. The van der Waals surface area contributed by atoms with Crippen LogP contribution in [-0.4, -0.2) is 21.7 Å². The molecule has 0 amide bonds. The van der Waals surface area contributed by atoms with Gasteiger partial charge in [-0.15, -0.1) is 0 Å². The minimum atomic E-state index is -0.957. The number of nitrogens with one attached hydrogen (secondary N) is 1. The van der Waals surface area contributed by atoms with Crippen LogP contribution in [0.1, 0.15) is 18.9 Å². The van der Waals surface area contributed by atoms with Crippen LogP contribution in [0.2, 0.25) is 0 Å². The Morgan fingerprint density at radius 3 is 2.87 bits per heavy atom. The van der Waals surface area contributed by atoms with Crippen molar-refractivity contribution in [3.8, 4) is 5.75 Å². The molecule has 0 saturated heterocycles. The number of aromatic hydroxyl groups is 1. The molecule has 1 aromatic rings. The molecule has 0 aromatic heterocycles. The number of hydrogen-bond donors (Lipinski definition) is 3. The van der Waals surface area contributed by atoms with E-state index in [9.17, 15) is 15.0 Å². The number of rotatable bonds is 2. The molecule has 15 heavy (non-hydrogen) atoms. The van der Waals surface area contributed by atoms with Crippen molar-refractivity contribution in [1.29, 1.82) is 0 Å². The number of para-hydroxylation sites is 1. The molecule has 0 aliphatic carbocycles.